The number of nitrogens with zero attached hydrogens (tertiary/aromatic N) is 3. The highest BCUT2D eigenvalue weighted by atomic mass is 16.4. The normalized spacial score (nSPS) is 10.2. The number of benzene rings is 1. The SMILES string of the molecule is CC(=O)C(C)C(=O)O.[N-]=[N+]=NC(=O)c1ccccc1. The van der Waals surface area contributed by atoms with Crippen LogP contribution >= 0.6 is 0 Å². The van der Waals surface area contributed by atoms with Gasteiger partial charge in [-0.3, -0.25) is 14.4 Å². The van der Waals surface area contributed by atoms with Crippen LogP contribution in [0, 0.1) is 5.92 Å². The number of hydrogen-bond acceptors (Lipinski definition) is 3. The number of aliphatic carboxylic acids is 1. The third-order valence-corrected chi connectivity index (χ3v) is 2.14. The molecule has 0 saturated heterocycles. The lowest BCUT2D eigenvalue weighted by Gasteiger charge is -1.96. The lowest BCUT2D eigenvalue weighted by atomic mass is 10.1. The van der Waals surface area contributed by atoms with Crippen LogP contribution in [0.2, 0.25) is 0 Å². The minimum absolute atomic E-state index is 0.308. The van der Waals surface area contributed by atoms with Gasteiger partial charge in [0.25, 0.3) is 0 Å². The Labute approximate surface area is 109 Å². The van der Waals surface area contributed by atoms with Gasteiger partial charge in [-0.2, -0.15) is 0 Å². The highest BCUT2D eigenvalue weighted by Crippen LogP contribution is 2.00. The number of hydrogen-bond donors (Lipinski definition) is 1. The molecule has 1 N–H and O–H groups in total. The Morgan fingerprint density at radius 1 is 1.26 bits per heavy atom. The molecule has 1 unspecified atom stereocenters. The van der Waals surface area contributed by atoms with Crippen LogP contribution in [0.4, 0.5) is 0 Å². The Kier molecular flexibility index (Phi) is 7.25. The summed E-state index contributed by atoms with van der Waals surface area (Å²) in [7, 11) is 0. The molecule has 7 nitrogen and oxygen atoms in total. The molecule has 1 rings (SSSR count). The summed E-state index contributed by atoms with van der Waals surface area (Å²) in [6, 6.07) is 8.39. The maximum atomic E-state index is 10.8. The van der Waals surface area contributed by atoms with Crippen molar-refractivity contribution < 1.29 is 19.5 Å². The van der Waals surface area contributed by atoms with Crippen LogP contribution in [-0.2, 0) is 9.59 Å². The highest BCUT2D eigenvalue weighted by molar-refractivity contribution is 5.96. The smallest absolute Gasteiger partial charge is 0.313 e. The number of carbonyl (C=O) groups is 3. The molecule has 0 aliphatic heterocycles. The van der Waals surface area contributed by atoms with Crippen LogP contribution in [-0.4, -0.2) is 22.8 Å². The van der Waals surface area contributed by atoms with Crippen LogP contribution in [0.15, 0.2) is 35.4 Å². The number of ketones is 1. The maximum absolute atomic E-state index is 10.8. The molecular weight excluding hydrogens is 250 g/mol. The first-order valence-corrected chi connectivity index (χ1v) is 5.27. The molecule has 0 aliphatic rings. The molecule has 0 bridgehead atoms. The number of carboxylic acids is 1. The third-order valence-electron chi connectivity index (χ3n) is 2.14. The van der Waals surface area contributed by atoms with Crippen molar-refractivity contribution in [2.75, 3.05) is 0 Å². The number of rotatable bonds is 3. The molecule has 0 saturated carbocycles. The van der Waals surface area contributed by atoms with Gasteiger partial charge in [-0.25, -0.2) is 0 Å². The molecule has 0 spiro atoms. The zero-order chi connectivity index (χ0) is 14.8. The summed E-state index contributed by atoms with van der Waals surface area (Å²) in [6.07, 6.45) is 0. The fourth-order valence-electron chi connectivity index (χ4n) is 0.853. The van der Waals surface area contributed by atoms with Crippen LogP contribution in [0.1, 0.15) is 24.2 Å². The predicted octanol–water partition coefficient (Wildman–Crippen LogP) is 2.43. The number of azide groups is 1. The van der Waals surface area contributed by atoms with Crippen molar-refractivity contribution in [2.24, 2.45) is 11.0 Å². The Morgan fingerprint density at radius 2 is 1.79 bits per heavy atom. The first kappa shape index (κ1) is 16.3. The van der Waals surface area contributed by atoms with E-state index in [0.717, 1.165) is 0 Å². The number of carboxylic acid groups (broad SMARTS) is 1. The molecule has 1 aromatic carbocycles. The molecule has 0 aromatic heterocycles. The Balaban J connectivity index is 0.000000362. The van der Waals surface area contributed by atoms with Gasteiger partial charge in [0.2, 0.25) is 5.91 Å². The van der Waals surface area contributed by atoms with Crippen LogP contribution in [0.25, 0.3) is 10.4 Å². The Morgan fingerprint density at radius 3 is 2.11 bits per heavy atom. The van der Waals surface area contributed by atoms with Crippen LogP contribution in [0.3, 0.4) is 0 Å². The van der Waals surface area contributed by atoms with E-state index < -0.39 is 17.8 Å². The highest BCUT2D eigenvalue weighted by Gasteiger charge is 2.14. The monoisotopic (exact) mass is 263 g/mol. The second-order valence-electron chi connectivity index (χ2n) is 3.53. The molecule has 7 heteroatoms. The third kappa shape index (κ3) is 6.60. The first-order valence-electron chi connectivity index (χ1n) is 5.27. The van der Waals surface area contributed by atoms with E-state index >= 15 is 0 Å². The number of carbonyl (C=O) groups excluding carboxylic acids is 2. The molecule has 100 valence electrons. The van der Waals surface area contributed by atoms with Crippen molar-refractivity contribution in [3.63, 3.8) is 0 Å². The predicted molar refractivity (Wildman–Crippen MR) is 67.4 cm³/mol. The zero-order valence-corrected chi connectivity index (χ0v) is 10.5. The van der Waals surface area contributed by atoms with E-state index in [1.807, 2.05) is 0 Å². The van der Waals surface area contributed by atoms with Gasteiger partial charge in [-0.1, -0.05) is 30.3 Å². The van der Waals surface area contributed by atoms with E-state index in [-0.39, 0.29) is 5.78 Å². The summed E-state index contributed by atoms with van der Waals surface area (Å²) >= 11 is 0. The molecule has 0 radical (unpaired) electrons. The minimum atomic E-state index is -1.06. The van der Waals surface area contributed by atoms with E-state index in [2.05, 4.69) is 10.0 Å². The van der Waals surface area contributed by atoms with Crippen LogP contribution in [0.5, 0.6) is 0 Å². The molecule has 0 fully saturated rings. The first-order chi connectivity index (χ1) is 8.90. The van der Waals surface area contributed by atoms with Crippen molar-refractivity contribution in [1.82, 2.24) is 0 Å². The lowest BCUT2D eigenvalue weighted by molar-refractivity contribution is -0.144. The van der Waals surface area contributed by atoms with Gasteiger partial charge >= 0.3 is 5.97 Å². The summed E-state index contributed by atoms with van der Waals surface area (Å²) in [4.78, 5) is 33.3. The second-order valence-corrected chi connectivity index (χ2v) is 3.53. The quantitative estimate of drug-likeness (QED) is 0.389. The lowest BCUT2D eigenvalue weighted by Crippen LogP contribution is -2.16. The zero-order valence-electron chi connectivity index (χ0n) is 10.5. The minimum Gasteiger partial charge on any atom is -0.481 e. The summed E-state index contributed by atoms with van der Waals surface area (Å²) in [5.74, 6) is -2.77. The van der Waals surface area contributed by atoms with Gasteiger partial charge in [0.1, 0.15) is 11.7 Å². The van der Waals surface area contributed by atoms with Gasteiger partial charge in [-0.05, 0) is 24.5 Å². The molecule has 1 amide bonds. The molecule has 0 aliphatic carbocycles. The summed E-state index contributed by atoms with van der Waals surface area (Å²) in [5.41, 5.74) is 8.34. The Bertz CT molecular complexity index is 493. The molecule has 1 aromatic rings. The van der Waals surface area contributed by atoms with E-state index in [0.29, 0.717) is 5.56 Å². The van der Waals surface area contributed by atoms with Gasteiger partial charge in [0.15, 0.2) is 0 Å². The number of amides is 1. The maximum Gasteiger partial charge on any atom is 0.313 e. The molecule has 1 atom stereocenters. The van der Waals surface area contributed by atoms with Gasteiger partial charge in [0, 0.05) is 10.5 Å². The van der Waals surface area contributed by atoms with E-state index in [1.165, 1.54) is 13.8 Å². The summed E-state index contributed by atoms with van der Waals surface area (Å²) < 4.78 is 0. The molecular formula is C12H13N3O4. The fourth-order valence-corrected chi connectivity index (χ4v) is 0.853. The van der Waals surface area contributed by atoms with E-state index in [4.69, 9.17) is 10.6 Å². The van der Waals surface area contributed by atoms with Gasteiger partial charge < -0.3 is 5.11 Å². The van der Waals surface area contributed by atoms with E-state index in [1.54, 1.807) is 30.3 Å². The van der Waals surface area contributed by atoms with Crippen molar-refractivity contribution in [1.29, 1.82) is 0 Å². The average Bonchev–Trinajstić information content (AvgIpc) is 2.39. The van der Waals surface area contributed by atoms with Gasteiger partial charge in [-0.15, -0.1) is 0 Å². The van der Waals surface area contributed by atoms with Crippen molar-refractivity contribution in [2.45, 2.75) is 13.8 Å². The number of Topliss-reactive ketones (excluding diaryl/α,β-unsaturated/α-hetero) is 1. The summed E-state index contributed by atoms with van der Waals surface area (Å²) in [6.45, 7) is 2.63. The van der Waals surface area contributed by atoms with Crippen LogP contribution < -0.4 is 0 Å². The Hall–Kier alpha value is -2.66. The van der Waals surface area contributed by atoms with Crippen molar-refractivity contribution in [3.05, 3.63) is 46.3 Å². The summed E-state index contributed by atoms with van der Waals surface area (Å²) in [5, 5.41) is 11.1. The molecule has 0 heterocycles. The van der Waals surface area contributed by atoms with Crippen molar-refractivity contribution in [3.8, 4) is 0 Å². The molecule has 19 heavy (non-hydrogen) atoms. The fraction of sp³-hybridized carbons (Fsp3) is 0.250. The standard InChI is InChI=1S/C7H5N3O.C5H8O3/c8-10-9-7(11)6-4-2-1-3-5-6;1-3(4(2)6)5(7)8/h1-5H;3H,1-2H3,(H,7,8). The topological polar surface area (TPSA) is 120 Å². The van der Waals surface area contributed by atoms with Crippen molar-refractivity contribution >= 4 is 17.7 Å². The largest absolute Gasteiger partial charge is 0.481 e. The van der Waals surface area contributed by atoms with Gasteiger partial charge in [0.05, 0.1) is 0 Å². The average molecular weight is 263 g/mol. The second kappa shape index (κ2) is 8.43. The van der Waals surface area contributed by atoms with E-state index in [9.17, 15) is 14.4 Å².